The molecule has 3 atom stereocenters. The molecule has 4 rings (SSSR count). The molecule has 0 radical (unpaired) electrons. The second kappa shape index (κ2) is 7.16. The molecule has 3 aliphatic rings. The number of ether oxygens (including phenoxy) is 1. The van der Waals surface area contributed by atoms with Crippen LogP contribution in [0.4, 0.5) is 28.0 Å². The van der Waals surface area contributed by atoms with E-state index in [2.05, 4.69) is 15.9 Å². The number of imide groups is 2. The van der Waals surface area contributed by atoms with Crippen molar-refractivity contribution in [3.05, 3.63) is 28.0 Å². The Morgan fingerprint density at radius 1 is 1.19 bits per heavy atom. The summed E-state index contributed by atoms with van der Waals surface area (Å²) in [6.07, 6.45) is -8.56. The molecule has 1 aromatic carbocycles. The number of carbonyl (C=O) groups excluding carboxylic acids is 3. The maximum Gasteiger partial charge on any atom is 0.416 e. The van der Waals surface area contributed by atoms with Gasteiger partial charge in [0, 0.05) is 10.9 Å². The minimum absolute atomic E-state index is 0.112. The lowest BCUT2D eigenvalue weighted by Crippen LogP contribution is -2.77. The first-order valence-electron chi connectivity index (χ1n) is 9.50. The highest BCUT2D eigenvalue weighted by Gasteiger charge is 2.66. The van der Waals surface area contributed by atoms with Gasteiger partial charge in [-0.15, -0.1) is 0 Å². The summed E-state index contributed by atoms with van der Waals surface area (Å²) in [5.41, 5.74) is -1.92. The largest absolute Gasteiger partial charge is 0.416 e. The Kier molecular flexibility index (Phi) is 5.08. The third-order valence-electron chi connectivity index (χ3n) is 5.99. The van der Waals surface area contributed by atoms with Crippen molar-refractivity contribution in [2.24, 2.45) is 11.3 Å². The van der Waals surface area contributed by atoms with Crippen LogP contribution in [0.1, 0.15) is 19.4 Å². The molecule has 0 aliphatic carbocycles. The first-order valence-corrected chi connectivity index (χ1v) is 10.3. The van der Waals surface area contributed by atoms with Crippen molar-refractivity contribution in [1.29, 1.82) is 0 Å². The van der Waals surface area contributed by atoms with Gasteiger partial charge in [0.1, 0.15) is 5.82 Å². The van der Waals surface area contributed by atoms with Crippen LogP contribution < -0.4 is 15.5 Å². The molecular weight excluding hydrogens is 490 g/mol. The van der Waals surface area contributed by atoms with Crippen molar-refractivity contribution in [1.82, 2.24) is 10.6 Å². The molecule has 0 aromatic heterocycles. The number of benzene rings is 1. The lowest BCUT2D eigenvalue weighted by molar-refractivity contribution is -0.250. The normalized spacial score (nSPS) is 27.7. The number of hydrogen-bond acceptors (Lipinski definition) is 5. The summed E-state index contributed by atoms with van der Waals surface area (Å²) in [7, 11) is 0. The Balaban J connectivity index is 1.97. The summed E-state index contributed by atoms with van der Waals surface area (Å²) >= 11 is 3.14. The van der Waals surface area contributed by atoms with Crippen LogP contribution in [0.25, 0.3) is 0 Å². The van der Waals surface area contributed by atoms with Crippen molar-refractivity contribution >= 4 is 39.5 Å². The zero-order chi connectivity index (χ0) is 22.9. The highest BCUT2D eigenvalue weighted by Crippen LogP contribution is 2.50. The number of barbiturate groups is 1. The number of morpholine rings is 1. The van der Waals surface area contributed by atoms with Gasteiger partial charge in [0.25, 0.3) is 0 Å². The second-order valence-corrected chi connectivity index (χ2v) is 9.17. The molecule has 4 amide bonds. The van der Waals surface area contributed by atoms with E-state index >= 15 is 4.39 Å². The molecule has 2 N–H and O–H groups in total. The number of hydrogen-bond donors (Lipinski definition) is 2. The van der Waals surface area contributed by atoms with Crippen LogP contribution in [-0.2, 0) is 20.7 Å². The Bertz CT molecular complexity index is 964. The first kappa shape index (κ1) is 22.0. The number of anilines is 1. The third kappa shape index (κ3) is 3.30. The summed E-state index contributed by atoms with van der Waals surface area (Å²) in [6, 6.07) is 0.281. The smallest absolute Gasteiger partial charge is 0.361 e. The fraction of sp³-hybridized carbons (Fsp3) is 0.526. The van der Waals surface area contributed by atoms with Crippen molar-refractivity contribution in [2.75, 3.05) is 11.4 Å². The van der Waals surface area contributed by atoms with Crippen LogP contribution in [0.3, 0.4) is 0 Å². The van der Waals surface area contributed by atoms with E-state index in [0.29, 0.717) is 4.47 Å². The fourth-order valence-electron chi connectivity index (χ4n) is 4.73. The zero-order valence-electron chi connectivity index (χ0n) is 16.3. The number of nitrogens with zero attached hydrogens (tertiary/aromatic N) is 1. The number of nitrogens with one attached hydrogen (secondary N) is 2. The Hall–Kier alpha value is -2.21. The lowest BCUT2D eigenvalue weighted by Gasteiger charge is -2.57. The molecule has 12 heteroatoms. The van der Waals surface area contributed by atoms with Crippen LogP contribution in [0.15, 0.2) is 16.6 Å². The van der Waals surface area contributed by atoms with Crippen LogP contribution in [0.5, 0.6) is 0 Å². The molecule has 7 nitrogen and oxygen atoms in total. The van der Waals surface area contributed by atoms with Gasteiger partial charge in [0.15, 0.2) is 11.5 Å². The molecule has 0 bridgehead atoms. The van der Waals surface area contributed by atoms with E-state index in [1.165, 1.54) is 6.07 Å². The van der Waals surface area contributed by atoms with Gasteiger partial charge in [-0.2, -0.15) is 13.2 Å². The predicted octanol–water partition coefficient (Wildman–Crippen LogP) is 2.66. The van der Waals surface area contributed by atoms with Crippen molar-refractivity contribution in [2.45, 2.75) is 44.7 Å². The predicted molar refractivity (Wildman–Crippen MR) is 103 cm³/mol. The average molecular weight is 508 g/mol. The van der Waals surface area contributed by atoms with Gasteiger partial charge in [0.05, 0.1) is 24.4 Å². The Morgan fingerprint density at radius 3 is 2.35 bits per heavy atom. The number of fused-ring (bicyclic) bond motifs is 4. The summed E-state index contributed by atoms with van der Waals surface area (Å²) in [4.78, 5) is 39.0. The van der Waals surface area contributed by atoms with Crippen LogP contribution >= 0.6 is 15.9 Å². The van der Waals surface area contributed by atoms with E-state index in [-0.39, 0.29) is 17.7 Å². The Labute approximate surface area is 182 Å². The molecule has 1 aromatic rings. The summed E-state index contributed by atoms with van der Waals surface area (Å²) in [6.45, 7) is 2.37. The topological polar surface area (TPSA) is 87.7 Å². The summed E-state index contributed by atoms with van der Waals surface area (Å²) < 4.78 is 61.7. The Morgan fingerprint density at radius 2 is 1.81 bits per heavy atom. The molecule has 3 heterocycles. The molecule has 3 aliphatic heterocycles. The number of urea groups is 1. The first-order chi connectivity index (χ1) is 14.4. The van der Waals surface area contributed by atoms with Gasteiger partial charge in [-0.05, 0) is 23.6 Å². The van der Waals surface area contributed by atoms with E-state index in [0.717, 1.165) is 11.0 Å². The maximum absolute atomic E-state index is 15.0. The third-order valence-corrected chi connectivity index (χ3v) is 6.44. The van der Waals surface area contributed by atoms with Gasteiger partial charge in [-0.25, -0.2) is 9.18 Å². The highest BCUT2D eigenvalue weighted by atomic mass is 79.9. The SMILES string of the molecule is CC(C)C1O[C@H](C(F)(F)F)CN2c3c(F)cc(Br)cc3CC3(C(=O)NC(=O)NC3=O)[C@@H]12. The molecule has 31 heavy (non-hydrogen) atoms. The standard InChI is InChI=1S/C19H18BrF4N3O4/c1-7(2)13-14-18(15(28)25-17(30)26-16(18)29)5-8-3-9(20)4-10(21)12(8)27(14)6-11(31-13)19(22,23)24/h3-4,7,11,13-14H,5-6H2,1-2H3,(H2,25,26,28,29,30)/t11-,13?,14+/m0/s1. The highest BCUT2D eigenvalue weighted by molar-refractivity contribution is 9.10. The molecule has 1 unspecified atom stereocenters. The monoisotopic (exact) mass is 507 g/mol. The molecular formula is C19H18BrF4N3O4. The van der Waals surface area contributed by atoms with Gasteiger partial charge in [0.2, 0.25) is 11.8 Å². The number of halogens is 5. The molecule has 1 spiro atoms. The van der Waals surface area contributed by atoms with E-state index in [4.69, 9.17) is 4.74 Å². The number of rotatable bonds is 1. The van der Waals surface area contributed by atoms with Gasteiger partial charge in [-0.1, -0.05) is 29.8 Å². The fourth-order valence-corrected chi connectivity index (χ4v) is 5.21. The minimum Gasteiger partial charge on any atom is -0.361 e. The van der Waals surface area contributed by atoms with Crippen LogP contribution in [0, 0.1) is 17.2 Å². The van der Waals surface area contributed by atoms with E-state index in [1.807, 2.05) is 10.6 Å². The average Bonchev–Trinajstić information content (AvgIpc) is 2.63. The quantitative estimate of drug-likeness (QED) is 0.450. The van der Waals surface area contributed by atoms with E-state index in [1.54, 1.807) is 13.8 Å². The minimum atomic E-state index is -4.75. The molecule has 168 valence electrons. The second-order valence-electron chi connectivity index (χ2n) is 8.25. The van der Waals surface area contributed by atoms with Crippen LogP contribution in [0.2, 0.25) is 0 Å². The van der Waals surface area contributed by atoms with Crippen molar-refractivity contribution < 1.29 is 36.7 Å². The molecule has 2 fully saturated rings. The van der Waals surface area contributed by atoms with E-state index < -0.39 is 66.0 Å². The molecule has 2 saturated heterocycles. The van der Waals surface area contributed by atoms with Crippen molar-refractivity contribution in [3.8, 4) is 0 Å². The van der Waals surface area contributed by atoms with Gasteiger partial charge < -0.3 is 9.64 Å². The number of carbonyl (C=O) groups is 3. The lowest BCUT2D eigenvalue weighted by atomic mass is 9.65. The number of amides is 4. The van der Waals surface area contributed by atoms with E-state index in [9.17, 15) is 27.6 Å². The summed E-state index contributed by atoms with van der Waals surface area (Å²) in [5.74, 6) is -3.26. The molecule has 0 saturated carbocycles. The summed E-state index contributed by atoms with van der Waals surface area (Å²) in [5, 5.41) is 4.09. The maximum atomic E-state index is 15.0. The van der Waals surface area contributed by atoms with Gasteiger partial charge >= 0.3 is 12.2 Å². The van der Waals surface area contributed by atoms with Gasteiger partial charge in [-0.3, -0.25) is 20.2 Å². The van der Waals surface area contributed by atoms with Crippen molar-refractivity contribution in [3.63, 3.8) is 0 Å². The number of alkyl halides is 3. The zero-order valence-corrected chi connectivity index (χ0v) is 17.9. The van der Waals surface area contributed by atoms with Crippen LogP contribution in [-0.4, -0.2) is 48.8 Å².